The Labute approximate surface area is 189 Å². The average molecular weight is 438 g/mol. The highest BCUT2D eigenvalue weighted by Crippen LogP contribution is 2.38. The standard InChI is InChI=1S/C24H31N5O3/c1-16-11-17(2)29(28-16)20-10-8-7-9-19(20)15-27-24(25-3)26-14-18-12-21(30-4)23(32-6)22(13-18)31-5/h7-13H,14-15H2,1-6H3,(H2,25,26,27). The smallest absolute Gasteiger partial charge is 0.203 e. The number of nitrogens with zero attached hydrogens (tertiary/aromatic N) is 3. The maximum atomic E-state index is 5.44. The SMILES string of the molecule is CN=C(NCc1cc(OC)c(OC)c(OC)c1)NCc1ccccc1-n1nc(C)cc1C. The summed E-state index contributed by atoms with van der Waals surface area (Å²) in [7, 11) is 6.55. The lowest BCUT2D eigenvalue weighted by Crippen LogP contribution is -2.36. The van der Waals surface area contributed by atoms with Crippen molar-refractivity contribution in [2.24, 2.45) is 4.99 Å². The average Bonchev–Trinajstić information content (AvgIpc) is 3.16. The van der Waals surface area contributed by atoms with Crippen LogP contribution in [-0.4, -0.2) is 44.1 Å². The maximum Gasteiger partial charge on any atom is 0.203 e. The van der Waals surface area contributed by atoms with E-state index in [1.54, 1.807) is 28.4 Å². The minimum absolute atomic E-state index is 0.537. The normalized spacial score (nSPS) is 11.2. The summed E-state index contributed by atoms with van der Waals surface area (Å²) in [5.41, 5.74) is 5.23. The van der Waals surface area contributed by atoms with Gasteiger partial charge in [-0.3, -0.25) is 4.99 Å². The molecule has 0 amide bonds. The molecule has 0 aliphatic carbocycles. The largest absolute Gasteiger partial charge is 0.493 e. The van der Waals surface area contributed by atoms with Crippen LogP contribution in [0.3, 0.4) is 0 Å². The van der Waals surface area contributed by atoms with Crippen LogP contribution >= 0.6 is 0 Å². The Balaban J connectivity index is 1.70. The molecule has 1 aromatic heterocycles. The van der Waals surface area contributed by atoms with Gasteiger partial charge in [0.1, 0.15) is 0 Å². The van der Waals surface area contributed by atoms with Crippen LogP contribution in [0, 0.1) is 13.8 Å². The summed E-state index contributed by atoms with van der Waals surface area (Å²) < 4.78 is 18.2. The number of para-hydroxylation sites is 1. The van der Waals surface area contributed by atoms with Gasteiger partial charge in [0, 0.05) is 25.8 Å². The molecular formula is C24H31N5O3. The van der Waals surface area contributed by atoms with Gasteiger partial charge >= 0.3 is 0 Å². The van der Waals surface area contributed by atoms with Gasteiger partial charge in [0.25, 0.3) is 0 Å². The van der Waals surface area contributed by atoms with E-state index >= 15 is 0 Å². The monoisotopic (exact) mass is 437 g/mol. The Morgan fingerprint density at radius 3 is 2.16 bits per heavy atom. The zero-order chi connectivity index (χ0) is 23.1. The van der Waals surface area contributed by atoms with Gasteiger partial charge in [-0.2, -0.15) is 5.10 Å². The van der Waals surface area contributed by atoms with Crippen LogP contribution in [0.1, 0.15) is 22.5 Å². The molecule has 0 unspecified atom stereocenters. The highest BCUT2D eigenvalue weighted by molar-refractivity contribution is 5.79. The number of benzene rings is 2. The molecular weight excluding hydrogens is 406 g/mol. The zero-order valence-corrected chi connectivity index (χ0v) is 19.5. The van der Waals surface area contributed by atoms with Crippen molar-refractivity contribution in [3.63, 3.8) is 0 Å². The lowest BCUT2D eigenvalue weighted by Gasteiger charge is -2.17. The Morgan fingerprint density at radius 2 is 1.59 bits per heavy atom. The number of aliphatic imine (C=N–C) groups is 1. The molecule has 0 aliphatic rings. The Kier molecular flexibility index (Phi) is 7.59. The fraction of sp³-hybridized carbons (Fsp3) is 0.333. The van der Waals surface area contributed by atoms with Crippen molar-refractivity contribution >= 4 is 5.96 Å². The molecule has 2 aromatic carbocycles. The summed E-state index contributed by atoms with van der Waals surface area (Å²) in [6.45, 7) is 5.19. The van der Waals surface area contributed by atoms with Gasteiger partial charge in [-0.1, -0.05) is 18.2 Å². The first kappa shape index (κ1) is 23.0. The van der Waals surface area contributed by atoms with Crippen LogP contribution < -0.4 is 24.8 Å². The van der Waals surface area contributed by atoms with Crippen LogP contribution in [0.15, 0.2) is 47.5 Å². The van der Waals surface area contributed by atoms with Crippen LogP contribution in [0.2, 0.25) is 0 Å². The molecule has 32 heavy (non-hydrogen) atoms. The summed E-state index contributed by atoms with van der Waals surface area (Å²) in [6.07, 6.45) is 0. The van der Waals surface area contributed by atoms with E-state index in [4.69, 9.17) is 14.2 Å². The van der Waals surface area contributed by atoms with Gasteiger partial charge in [0.05, 0.1) is 32.7 Å². The predicted octanol–water partition coefficient (Wildman–Crippen LogP) is 3.38. The molecule has 1 heterocycles. The maximum absolute atomic E-state index is 5.44. The molecule has 3 aromatic rings. The second-order valence-electron chi connectivity index (χ2n) is 7.28. The Bertz CT molecular complexity index is 1070. The van der Waals surface area contributed by atoms with Crippen molar-refractivity contribution in [1.82, 2.24) is 20.4 Å². The Hall–Kier alpha value is -3.68. The second kappa shape index (κ2) is 10.6. The van der Waals surface area contributed by atoms with E-state index in [0.717, 1.165) is 28.2 Å². The summed E-state index contributed by atoms with van der Waals surface area (Å²) in [5, 5.41) is 11.3. The van der Waals surface area contributed by atoms with Gasteiger partial charge < -0.3 is 24.8 Å². The van der Waals surface area contributed by atoms with Crippen molar-refractivity contribution in [2.45, 2.75) is 26.9 Å². The lowest BCUT2D eigenvalue weighted by atomic mass is 10.1. The first-order valence-corrected chi connectivity index (χ1v) is 10.4. The van der Waals surface area contributed by atoms with E-state index in [2.05, 4.69) is 45.8 Å². The van der Waals surface area contributed by atoms with E-state index in [1.807, 2.05) is 35.9 Å². The van der Waals surface area contributed by atoms with Crippen LogP contribution in [0.25, 0.3) is 5.69 Å². The second-order valence-corrected chi connectivity index (χ2v) is 7.28. The number of ether oxygens (including phenoxy) is 3. The molecule has 8 heteroatoms. The van der Waals surface area contributed by atoms with Crippen LogP contribution in [0.5, 0.6) is 17.2 Å². The number of nitrogens with one attached hydrogen (secondary N) is 2. The third-order valence-corrected chi connectivity index (χ3v) is 5.08. The Morgan fingerprint density at radius 1 is 0.938 bits per heavy atom. The summed E-state index contributed by atoms with van der Waals surface area (Å²) in [6, 6.07) is 14.1. The number of methoxy groups -OCH3 is 3. The third-order valence-electron chi connectivity index (χ3n) is 5.08. The highest BCUT2D eigenvalue weighted by atomic mass is 16.5. The first-order valence-electron chi connectivity index (χ1n) is 10.4. The number of rotatable bonds is 8. The van der Waals surface area contributed by atoms with E-state index in [0.29, 0.717) is 36.3 Å². The van der Waals surface area contributed by atoms with Gasteiger partial charge in [-0.15, -0.1) is 0 Å². The fourth-order valence-corrected chi connectivity index (χ4v) is 3.56. The van der Waals surface area contributed by atoms with E-state index < -0.39 is 0 Å². The molecule has 8 nitrogen and oxygen atoms in total. The molecule has 0 bridgehead atoms. The van der Waals surface area contributed by atoms with Crippen molar-refractivity contribution in [2.75, 3.05) is 28.4 Å². The molecule has 0 saturated carbocycles. The van der Waals surface area contributed by atoms with E-state index in [1.165, 1.54) is 0 Å². The van der Waals surface area contributed by atoms with E-state index in [-0.39, 0.29) is 0 Å². The fourth-order valence-electron chi connectivity index (χ4n) is 3.56. The van der Waals surface area contributed by atoms with Crippen LogP contribution in [0.4, 0.5) is 0 Å². The summed E-state index contributed by atoms with van der Waals surface area (Å²) in [4.78, 5) is 4.35. The van der Waals surface area contributed by atoms with E-state index in [9.17, 15) is 0 Å². The molecule has 3 rings (SSSR count). The number of aryl methyl sites for hydroxylation is 2. The molecule has 0 fully saturated rings. The zero-order valence-electron chi connectivity index (χ0n) is 19.5. The molecule has 0 atom stereocenters. The van der Waals surface area contributed by atoms with Gasteiger partial charge in [0.15, 0.2) is 17.5 Å². The topological polar surface area (TPSA) is 81.9 Å². The molecule has 0 spiro atoms. The summed E-state index contributed by atoms with van der Waals surface area (Å²) in [5.74, 6) is 2.49. The van der Waals surface area contributed by atoms with Gasteiger partial charge in [0.2, 0.25) is 5.75 Å². The molecule has 2 N–H and O–H groups in total. The molecule has 0 radical (unpaired) electrons. The number of hydrogen-bond donors (Lipinski definition) is 2. The van der Waals surface area contributed by atoms with Crippen molar-refractivity contribution in [1.29, 1.82) is 0 Å². The minimum Gasteiger partial charge on any atom is -0.493 e. The van der Waals surface area contributed by atoms with Crippen molar-refractivity contribution < 1.29 is 14.2 Å². The van der Waals surface area contributed by atoms with Gasteiger partial charge in [-0.25, -0.2) is 4.68 Å². The quantitative estimate of drug-likeness (QED) is 0.415. The number of aromatic nitrogens is 2. The highest BCUT2D eigenvalue weighted by Gasteiger charge is 2.14. The van der Waals surface area contributed by atoms with Crippen molar-refractivity contribution in [3.8, 4) is 22.9 Å². The molecule has 0 aliphatic heterocycles. The van der Waals surface area contributed by atoms with Crippen LogP contribution in [-0.2, 0) is 13.1 Å². The minimum atomic E-state index is 0.537. The first-order chi connectivity index (χ1) is 15.5. The molecule has 170 valence electrons. The van der Waals surface area contributed by atoms with Crippen molar-refractivity contribution in [3.05, 3.63) is 65.0 Å². The molecule has 0 saturated heterocycles. The van der Waals surface area contributed by atoms with Gasteiger partial charge in [-0.05, 0) is 49.2 Å². The number of guanidine groups is 1. The number of hydrogen-bond acceptors (Lipinski definition) is 5. The lowest BCUT2D eigenvalue weighted by molar-refractivity contribution is 0.323. The third kappa shape index (κ3) is 5.14. The predicted molar refractivity (Wildman–Crippen MR) is 126 cm³/mol. The summed E-state index contributed by atoms with van der Waals surface area (Å²) >= 11 is 0.